The molecule has 3 nitrogen and oxygen atoms in total. The quantitative estimate of drug-likeness (QED) is 0.694. The smallest absolute Gasteiger partial charge is 0.224 e. The maximum atomic E-state index is 11.7. The fraction of sp³-hybridized carbons (Fsp3) is 0.533. The molecule has 0 aliphatic rings. The van der Waals surface area contributed by atoms with Crippen molar-refractivity contribution in [2.24, 2.45) is 0 Å². The molecule has 0 saturated carbocycles. The summed E-state index contributed by atoms with van der Waals surface area (Å²) in [5.74, 6) is 0.115. The van der Waals surface area contributed by atoms with Gasteiger partial charge in [0.25, 0.3) is 0 Å². The lowest BCUT2D eigenvalue weighted by Gasteiger charge is -2.06. The number of hydrogen-bond acceptors (Lipinski definition) is 2. The molecular weight excluding hydrogens is 224 g/mol. The summed E-state index contributed by atoms with van der Waals surface area (Å²) in [6.07, 6.45) is 4.83. The number of rotatable bonds is 8. The predicted molar refractivity (Wildman–Crippen MR) is 76.8 cm³/mol. The maximum Gasteiger partial charge on any atom is 0.224 e. The van der Waals surface area contributed by atoms with Gasteiger partial charge in [-0.3, -0.25) is 4.79 Å². The number of aryl methyl sites for hydroxylation is 1. The zero-order valence-electron chi connectivity index (χ0n) is 11.5. The summed E-state index contributed by atoms with van der Waals surface area (Å²) in [7, 11) is 1.95. The first-order chi connectivity index (χ1) is 8.76. The molecule has 18 heavy (non-hydrogen) atoms. The normalized spacial score (nSPS) is 10.3. The summed E-state index contributed by atoms with van der Waals surface area (Å²) in [6, 6.07) is 8.06. The fourth-order valence-corrected chi connectivity index (χ4v) is 1.81. The lowest BCUT2D eigenvalue weighted by atomic mass is 10.1. The summed E-state index contributed by atoms with van der Waals surface area (Å²) < 4.78 is 0. The molecule has 0 saturated heterocycles. The van der Waals surface area contributed by atoms with E-state index in [-0.39, 0.29) is 5.91 Å². The largest absolute Gasteiger partial charge is 0.326 e. The Kier molecular flexibility index (Phi) is 7.11. The SMILES string of the molecule is CCc1ccc(NC(=O)CCCCCNC)cc1. The van der Waals surface area contributed by atoms with Gasteiger partial charge in [-0.1, -0.05) is 25.5 Å². The minimum atomic E-state index is 0.115. The zero-order valence-corrected chi connectivity index (χ0v) is 11.5. The summed E-state index contributed by atoms with van der Waals surface area (Å²) >= 11 is 0. The number of nitrogens with one attached hydrogen (secondary N) is 2. The first-order valence-electron chi connectivity index (χ1n) is 6.79. The molecule has 0 radical (unpaired) electrons. The van der Waals surface area contributed by atoms with Crippen LogP contribution in [0.15, 0.2) is 24.3 Å². The lowest BCUT2D eigenvalue weighted by molar-refractivity contribution is -0.116. The third-order valence-corrected chi connectivity index (χ3v) is 2.98. The molecule has 2 N–H and O–H groups in total. The molecule has 1 rings (SSSR count). The number of amides is 1. The van der Waals surface area contributed by atoms with Gasteiger partial charge in [0.2, 0.25) is 5.91 Å². The first kappa shape index (κ1) is 14.7. The summed E-state index contributed by atoms with van der Waals surface area (Å²) in [6.45, 7) is 3.15. The molecule has 1 aromatic carbocycles. The molecule has 0 unspecified atom stereocenters. The zero-order chi connectivity index (χ0) is 13.2. The number of unbranched alkanes of at least 4 members (excludes halogenated alkanes) is 2. The van der Waals surface area contributed by atoms with E-state index in [1.807, 2.05) is 19.2 Å². The van der Waals surface area contributed by atoms with Gasteiger partial charge in [0.05, 0.1) is 0 Å². The van der Waals surface area contributed by atoms with E-state index in [0.717, 1.165) is 37.9 Å². The minimum absolute atomic E-state index is 0.115. The van der Waals surface area contributed by atoms with Crippen LogP contribution < -0.4 is 10.6 Å². The summed E-state index contributed by atoms with van der Waals surface area (Å²) in [4.78, 5) is 11.7. The highest BCUT2D eigenvalue weighted by atomic mass is 16.1. The Morgan fingerprint density at radius 2 is 1.83 bits per heavy atom. The Morgan fingerprint density at radius 1 is 1.11 bits per heavy atom. The summed E-state index contributed by atoms with van der Waals surface area (Å²) in [5, 5.41) is 6.04. The van der Waals surface area contributed by atoms with Crippen molar-refractivity contribution in [2.75, 3.05) is 18.9 Å². The molecule has 3 heteroatoms. The molecule has 0 aliphatic heterocycles. The second kappa shape index (κ2) is 8.70. The topological polar surface area (TPSA) is 41.1 Å². The average Bonchev–Trinajstić information content (AvgIpc) is 2.39. The molecule has 0 fully saturated rings. The van der Waals surface area contributed by atoms with Gasteiger partial charge < -0.3 is 10.6 Å². The van der Waals surface area contributed by atoms with Gasteiger partial charge in [-0.05, 0) is 50.6 Å². The van der Waals surface area contributed by atoms with E-state index in [0.29, 0.717) is 6.42 Å². The summed E-state index contributed by atoms with van der Waals surface area (Å²) in [5.41, 5.74) is 2.19. The van der Waals surface area contributed by atoms with E-state index >= 15 is 0 Å². The van der Waals surface area contributed by atoms with Crippen LogP contribution in [0.4, 0.5) is 5.69 Å². The Hall–Kier alpha value is -1.35. The number of hydrogen-bond donors (Lipinski definition) is 2. The molecule has 100 valence electrons. The second-order valence-corrected chi connectivity index (χ2v) is 4.51. The van der Waals surface area contributed by atoms with E-state index in [1.54, 1.807) is 0 Å². The highest BCUT2D eigenvalue weighted by Gasteiger charge is 2.01. The highest BCUT2D eigenvalue weighted by Crippen LogP contribution is 2.11. The molecular formula is C15H24N2O. The van der Waals surface area contributed by atoms with Crippen LogP contribution in [0.5, 0.6) is 0 Å². The average molecular weight is 248 g/mol. The second-order valence-electron chi connectivity index (χ2n) is 4.51. The van der Waals surface area contributed by atoms with Crippen molar-refractivity contribution in [1.82, 2.24) is 5.32 Å². The van der Waals surface area contributed by atoms with Crippen LogP contribution in [0.2, 0.25) is 0 Å². The van der Waals surface area contributed by atoms with E-state index in [2.05, 4.69) is 29.7 Å². The van der Waals surface area contributed by atoms with Crippen molar-refractivity contribution in [3.8, 4) is 0 Å². The Morgan fingerprint density at radius 3 is 2.44 bits per heavy atom. The van der Waals surface area contributed by atoms with Crippen LogP contribution in [0.1, 0.15) is 38.2 Å². The van der Waals surface area contributed by atoms with Crippen LogP contribution in [-0.4, -0.2) is 19.5 Å². The van der Waals surface area contributed by atoms with E-state index < -0.39 is 0 Å². The van der Waals surface area contributed by atoms with Gasteiger partial charge in [-0.15, -0.1) is 0 Å². The van der Waals surface area contributed by atoms with E-state index in [9.17, 15) is 4.79 Å². The highest BCUT2D eigenvalue weighted by molar-refractivity contribution is 5.90. The van der Waals surface area contributed by atoms with Gasteiger partial charge >= 0.3 is 0 Å². The Balaban J connectivity index is 2.22. The van der Waals surface area contributed by atoms with Crippen LogP contribution in [0.3, 0.4) is 0 Å². The predicted octanol–water partition coefficient (Wildman–Crippen LogP) is 2.97. The standard InChI is InChI=1S/C15H24N2O/c1-3-13-8-10-14(11-9-13)17-15(18)7-5-4-6-12-16-2/h8-11,16H,3-7,12H2,1-2H3,(H,17,18). The van der Waals surface area contributed by atoms with Crippen LogP contribution in [0, 0.1) is 0 Å². The van der Waals surface area contributed by atoms with E-state index in [4.69, 9.17) is 0 Å². The van der Waals surface area contributed by atoms with Crippen molar-refractivity contribution in [3.63, 3.8) is 0 Å². The van der Waals surface area contributed by atoms with Crippen molar-refractivity contribution in [1.29, 1.82) is 0 Å². The molecule has 0 aliphatic carbocycles. The van der Waals surface area contributed by atoms with Crippen molar-refractivity contribution >= 4 is 11.6 Å². The number of anilines is 1. The van der Waals surface area contributed by atoms with Crippen molar-refractivity contribution in [3.05, 3.63) is 29.8 Å². The van der Waals surface area contributed by atoms with Crippen LogP contribution in [0.25, 0.3) is 0 Å². The Bertz CT molecular complexity index is 346. The fourth-order valence-electron chi connectivity index (χ4n) is 1.81. The molecule has 1 amide bonds. The van der Waals surface area contributed by atoms with Gasteiger partial charge in [0, 0.05) is 12.1 Å². The van der Waals surface area contributed by atoms with E-state index in [1.165, 1.54) is 5.56 Å². The molecule has 1 aromatic rings. The first-order valence-corrected chi connectivity index (χ1v) is 6.79. The van der Waals surface area contributed by atoms with Crippen LogP contribution in [-0.2, 0) is 11.2 Å². The molecule has 0 spiro atoms. The molecule has 0 heterocycles. The number of carbonyl (C=O) groups excluding carboxylic acids is 1. The van der Waals surface area contributed by atoms with Gasteiger partial charge in [-0.25, -0.2) is 0 Å². The third-order valence-electron chi connectivity index (χ3n) is 2.98. The minimum Gasteiger partial charge on any atom is -0.326 e. The Labute approximate surface area is 110 Å². The maximum absolute atomic E-state index is 11.7. The molecule has 0 atom stereocenters. The van der Waals surface area contributed by atoms with Crippen molar-refractivity contribution < 1.29 is 4.79 Å². The van der Waals surface area contributed by atoms with Gasteiger partial charge in [0.15, 0.2) is 0 Å². The van der Waals surface area contributed by atoms with Gasteiger partial charge in [0.1, 0.15) is 0 Å². The van der Waals surface area contributed by atoms with Gasteiger partial charge in [-0.2, -0.15) is 0 Å². The number of benzene rings is 1. The van der Waals surface area contributed by atoms with Crippen LogP contribution >= 0.6 is 0 Å². The third kappa shape index (κ3) is 5.82. The lowest BCUT2D eigenvalue weighted by Crippen LogP contribution is -2.12. The monoisotopic (exact) mass is 248 g/mol. The molecule has 0 bridgehead atoms. The number of carbonyl (C=O) groups is 1. The van der Waals surface area contributed by atoms with Crippen molar-refractivity contribution in [2.45, 2.75) is 39.0 Å². The molecule has 0 aromatic heterocycles.